The second kappa shape index (κ2) is 10.8. The molecule has 0 fully saturated rings. The van der Waals surface area contributed by atoms with Crippen molar-refractivity contribution in [1.29, 1.82) is 0 Å². The normalized spacial score (nSPS) is 12.1. The molecule has 0 spiro atoms. The van der Waals surface area contributed by atoms with Gasteiger partial charge in [-0.15, -0.1) is 11.3 Å². The first kappa shape index (κ1) is 23.2. The van der Waals surface area contributed by atoms with Crippen LogP contribution in [-0.4, -0.2) is 11.8 Å². The quantitative estimate of drug-likeness (QED) is 0.326. The lowest BCUT2D eigenvalue weighted by Gasteiger charge is -2.23. The Labute approximate surface area is 204 Å². The zero-order valence-electron chi connectivity index (χ0n) is 19.1. The van der Waals surface area contributed by atoms with E-state index in [4.69, 9.17) is 0 Å². The topological polar surface area (TPSA) is 58.2 Å². The molecule has 3 aromatic carbocycles. The predicted molar refractivity (Wildman–Crippen MR) is 139 cm³/mol. The standard InChI is InChI=1S/C29H26N2O2S/c1-20-15-16-25(21(2)18-20)27(22-10-5-3-6-11-22)31-29(33)26(19-24-14-9-17-34-24)30-28(32)23-12-7-4-8-13-23/h3-19,27H,1-2H3,(H,30,32)(H,31,33)/b26-19-/t27-/m1/s1. The molecule has 0 saturated carbocycles. The maximum absolute atomic E-state index is 13.6. The van der Waals surface area contributed by atoms with E-state index in [2.05, 4.69) is 16.7 Å². The molecule has 4 aromatic rings. The molecule has 4 rings (SSSR count). The molecule has 1 heterocycles. The van der Waals surface area contributed by atoms with E-state index in [-0.39, 0.29) is 23.6 Å². The van der Waals surface area contributed by atoms with E-state index in [1.54, 1.807) is 30.3 Å². The minimum atomic E-state index is -0.366. The van der Waals surface area contributed by atoms with Crippen molar-refractivity contribution < 1.29 is 9.59 Å². The first-order chi connectivity index (χ1) is 16.5. The first-order valence-electron chi connectivity index (χ1n) is 11.1. The van der Waals surface area contributed by atoms with Gasteiger partial charge in [0, 0.05) is 10.4 Å². The van der Waals surface area contributed by atoms with Crippen molar-refractivity contribution >= 4 is 29.2 Å². The first-order valence-corrected chi connectivity index (χ1v) is 11.9. The average Bonchev–Trinajstić information content (AvgIpc) is 3.37. The summed E-state index contributed by atoms with van der Waals surface area (Å²) < 4.78 is 0. The number of benzene rings is 3. The van der Waals surface area contributed by atoms with Crippen molar-refractivity contribution in [2.45, 2.75) is 19.9 Å². The number of nitrogens with one attached hydrogen (secondary N) is 2. The summed E-state index contributed by atoms with van der Waals surface area (Å²) in [6.07, 6.45) is 1.71. The van der Waals surface area contributed by atoms with Gasteiger partial charge in [-0.3, -0.25) is 9.59 Å². The van der Waals surface area contributed by atoms with E-state index in [0.29, 0.717) is 5.56 Å². The number of hydrogen-bond donors (Lipinski definition) is 2. The van der Waals surface area contributed by atoms with Crippen LogP contribution < -0.4 is 10.6 Å². The fourth-order valence-corrected chi connectivity index (χ4v) is 4.46. The summed E-state index contributed by atoms with van der Waals surface area (Å²) >= 11 is 1.50. The Balaban J connectivity index is 1.68. The molecule has 0 aliphatic rings. The molecule has 2 amide bonds. The Kier molecular flexibility index (Phi) is 7.35. The SMILES string of the molecule is Cc1ccc([C@H](NC(=O)/C(=C/c2cccs2)NC(=O)c2ccccc2)c2ccccc2)c(C)c1. The van der Waals surface area contributed by atoms with Crippen LogP contribution in [0.3, 0.4) is 0 Å². The molecular weight excluding hydrogens is 440 g/mol. The number of thiophene rings is 1. The van der Waals surface area contributed by atoms with Crippen molar-refractivity contribution in [2.24, 2.45) is 0 Å². The van der Waals surface area contributed by atoms with Crippen LogP contribution >= 0.6 is 11.3 Å². The van der Waals surface area contributed by atoms with Gasteiger partial charge in [0.05, 0.1) is 6.04 Å². The monoisotopic (exact) mass is 466 g/mol. The van der Waals surface area contributed by atoms with Gasteiger partial charge in [-0.25, -0.2) is 0 Å². The molecule has 0 unspecified atom stereocenters. The number of carbonyl (C=O) groups is 2. The minimum absolute atomic E-state index is 0.196. The molecule has 170 valence electrons. The number of rotatable bonds is 7. The van der Waals surface area contributed by atoms with E-state index in [1.165, 1.54) is 11.3 Å². The largest absolute Gasteiger partial charge is 0.340 e. The third-order valence-electron chi connectivity index (χ3n) is 5.50. The maximum Gasteiger partial charge on any atom is 0.268 e. The maximum atomic E-state index is 13.6. The highest BCUT2D eigenvalue weighted by Crippen LogP contribution is 2.26. The Morgan fingerprint density at radius 2 is 1.56 bits per heavy atom. The number of hydrogen-bond acceptors (Lipinski definition) is 3. The van der Waals surface area contributed by atoms with E-state index in [0.717, 1.165) is 27.1 Å². The van der Waals surface area contributed by atoms with Crippen LogP contribution in [-0.2, 0) is 4.79 Å². The van der Waals surface area contributed by atoms with E-state index >= 15 is 0 Å². The summed E-state index contributed by atoms with van der Waals surface area (Å²) in [6, 6.07) is 28.4. The molecule has 0 saturated heterocycles. The van der Waals surface area contributed by atoms with Gasteiger partial charge in [-0.2, -0.15) is 0 Å². The van der Waals surface area contributed by atoms with Gasteiger partial charge < -0.3 is 10.6 Å². The molecule has 0 radical (unpaired) electrons. The molecule has 1 atom stereocenters. The number of amides is 2. The van der Waals surface area contributed by atoms with Crippen LogP contribution in [0, 0.1) is 13.8 Å². The molecule has 0 bridgehead atoms. The van der Waals surface area contributed by atoms with Crippen molar-refractivity contribution in [3.63, 3.8) is 0 Å². The summed E-state index contributed by atoms with van der Waals surface area (Å²) in [7, 11) is 0. The van der Waals surface area contributed by atoms with Crippen molar-refractivity contribution in [3.8, 4) is 0 Å². The smallest absolute Gasteiger partial charge is 0.268 e. The van der Waals surface area contributed by atoms with Crippen molar-refractivity contribution in [3.05, 3.63) is 135 Å². The fraction of sp³-hybridized carbons (Fsp3) is 0.103. The van der Waals surface area contributed by atoms with Gasteiger partial charge in [0.15, 0.2) is 0 Å². The fourth-order valence-electron chi connectivity index (χ4n) is 3.80. The highest BCUT2D eigenvalue weighted by molar-refractivity contribution is 7.10. The van der Waals surface area contributed by atoms with Gasteiger partial charge in [0.2, 0.25) is 0 Å². The summed E-state index contributed by atoms with van der Waals surface area (Å²) in [5.74, 6) is -0.687. The molecule has 0 aliphatic heterocycles. The molecule has 5 heteroatoms. The highest BCUT2D eigenvalue weighted by Gasteiger charge is 2.22. The Morgan fingerprint density at radius 3 is 2.21 bits per heavy atom. The predicted octanol–water partition coefficient (Wildman–Crippen LogP) is 6.04. The lowest BCUT2D eigenvalue weighted by molar-refractivity contribution is -0.118. The molecular formula is C29H26N2O2S. The molecule has 34 heavy (non-hydrogen) atoms. The lowest BCUT2D eigenvalue weighted by atomic mass is 9.93. The van der Waals surface area contributed by atoms with Crippen LogP contribution in [0.5, 0.6) is 0 Å². The van der Waals surface area contributed by atoms with E-state index < -0.39 is 0 Å². The summed E-state index contributed by atoms with van der Waals surface area (Å²) in [5.41, 5.74) is 4.91. The molecule has 0 aliphatic carbocycles. The number of carbonyl (C=O) groups excluding carboxylic acids is 2. The van der Waals surface area contributed by atoms with Crippen LogP contribution in [0.15, 0.2) is 102 Å². The zero-order chi connectivity index (χ0) is 23.9. The average molecular weight is 467 g/mol. The summed E-state index contributed by atoms with van der Waals surface area (Å²) in [6.45, 7) is 4.10. The number of aryl methyl sites for hydroxylation is 2. The highest BCUT2D eigenvalue weighted by atomic mass is 32.1. The van der Waals surface area contributed by atoms with Crippen molar-refractivity contribution in [2.75, 3.05) is 0 Å². The zero-order valence-corrected chi connectivity index (χ0v) is 19.9. The summed E-state index contributed by atoms with van der Waals surface area (Å²) in [5, 5.41) is 7.92. The molecule has 2 N–H and O–H groups in total. The van der Waals surface area contributed by atoms with Gasteiger partial charge in [0.1, 0.15) is 5.70 Å². The van der Waals surface area contributed by atoms with Crippen LogP contribution in [0.2, 0.25) is 0 Å². The van der Waals surface area contributed by atoms with Crippen LogP contribution in [0.25, 0.3) is 6.08 Å². The Morgan fingerprint density at radius 1 is 0.853 bits per heavy atom. The molecule has 1 aromatic heterocycles. The van der Waals surface area contributed by atoms with Crippen LogP contribution in [0.1, 0.15) is 43.5 Å². The van der Waals surface area contributed by atoms with Gasteiger partial charge in [-0.05, 0) is 60.2 Å². The van der Waals surface area contributed by atoms with Gasteiger partial charge in [0.25, 0.3) is 11.8 Å². The summed E-state index contributed by atoms with van der Waals surface area (Å²) in [4.78, 5) is 27.3. The second-order valence-electron chi connectivity index (χ2n) is 8.07. The lowest BCUT2D eigenvalue weighted by Crippen LogP contribution is -2.37. The second-order valence-corrected chi connectivity index (χ2v) is 9.05. The van der Waals surface area contributed by atoms with Crippen LogP contribution in [0.4, 0.5) is 0 Å². The Hall–Kier alpha value is -3.96. The third-order valence-corrected chi connectivity index (χ3v) is 6.32. The van der Waals surface area contributed by atoms with Crippen molar-refractivity contribution in [1.82, 2.24) is 10.6 Å². The Bertz CT molecular complexity index is 1300. The van der Waals surface area contributed by atoms with Gasteiger partial charge in [-0.1, -0.05) is 78.4 Å². The van der Waals surface area contributed by atoms with E-state index in [9.17, 15) is 9.59 Å². The third kappa shape index (κ3) is 5.69. The molecule has 4 nitrogen and oxygen atoms in total. The van der Waals surface area contributed by atoms with E-state index in [1.807, 2.05) is 79.9 Å². The minimum Gasteiger partial charge on any atom is -0.340 e. The van der Waals surface area contributed by atoms with Gasteiger partial charge >= 0.3 is 0 Å².